The second kappa shape index (κ2) is 8.57. The molecule has 6 nitrogen and oxygen atoms in total. The van der Waals surface area contributed by atoms with Gasteiger partial charge in [0.1, 0.15) is 11.3 Å². The second-order valence-corrected chi connectivity index (χ2v) is 11.0. The van der Waals surface area contributed by atoms with E-state index >= 15 is 0 Å². The van der Waals surface area contributed by atoms with Crippen LogP contribution in [0.5, 0.6) is 0 Å². The summed E-state index contributed by atoms with van der Waals surface area (Å²) in [5.41, 5.74) is 2.11. The summed E-state index contributed by atoms with van der Waals surface area (Å²) < 4.78 is 25.4. The summed E-state index contributed by atoms with van der Waals surface area (Å²) in [7, 11) is -3.33. The van der Waals surface area contributed by atoms with Crippen molar-refractivity contribution in [2.24, 2.45) is 0 Å². The molecule has 0 aliphatic heterocycles. The first-order valence-electron chi connectivity index (χ1n) is 10.00. The highest BCUT2D eigenvalue weighted by Gasteiger charge is 2.29. The highest BCUT2D eigenvalue weighted by molar-refractivity contribution is 7.90. The first-order chi connectivity index (χ1) is 15.5. The number of rotatable bonds is 5. The minimum Gasteiger partial charge on any atom is -0.384 e. The fourth-order valence-corrected chi connectivity index (χ4v) is 4.77. The highest BCUT2D eigenvalue weighted by atomic mass is 35.5. The molecule has 2 aromatic heterocycles. The maximum absolute atomic E-state index is 11.9. The number of aliphatic hydroxyl groups is 1. The smallest absolute Gasteiger partial charge is 0.175 e. The molecule has 0 saturated heterocycles. The zero-order valence-electron chi connectivity index (χ0n) is 18.1. The number of pyridine rings is 1. The Balaban J connectivity index is 1.85. The molecule has 1 N–H and O–H groups in total. The van der Waals surface area contributed by atoms with Gasteiger partial charge in [-0.3, -0.25) is 4.98 Å². The lowest BCUT2D eigenvalue weighted by Gasteiger charge is -2.14. The van der Waals surface area contributed by atoms with E-state index in [1.807, 2.05) is 24.3 Å². The van der Waals surface area contributed by atoms with Crippen LogP contribution in [0.4, 0.5) is 0 Å². The van der Waals surface area contributed by atoms with E-state index in [0.717, 1.165) is 0 Å². The van der Waals surface area contributed by atoms with E-state index in [2.05, 4.69) is 10.1 Å². The molecule has 170 valence electrons. The monoisotopic (exact) mass is 501 g/mol. The molecular weight excluding hydrogens is 481 g/mol. The van der Waals surface area contributed by atoms with Crippen LogP contribution in [0.2, 0.25) is 10.0 Å². The van der Waals surface area contributed by atoms with Gasteiger partial charge in [-0.05, 0) is 50.2 Å². The third kappa shape index (κ3) is 4.68. The zero-order chi connectivity index (χ0) is 24.0. The molecule has 0 aliphatic rings. The average molecular weight is 502 g/mol. The predicted octanol–water partition coefficient (Wildman–Crippen LogP) is 5.54. The first-order valence-corrected chi connectivity index (χ1v) is 12.6. The molecule has 0 unspecified atom stereocenters. The molecule has 0 saturated carbocycles. The average Bonchev–Trinajstić information content (AvgIpc) is 3.11. The van der Waals surface area contributed by atoms with E-state index < -0.39 is 15.4 Å². The van der Waals surface area contributed by atoms with Crippen molar-refractivity contribution in [3.05, 3.63) is 82.6 Å². The Morgan fingerprint density at radius 1 is 0.970 bits per heavy atom. The van der Waals surface area contributed by atoms with Gasteiger partial charge >= 0.3 is 0 Å². The molecule has 2 aromatic carbocycles. The molecule has 9 heteroatoms. The van der Waals surface area contributed by atoms with Crippen LogP contribution in [0.25, 0.3) is 28.2 Å². The van der Waals surface area contributed by atoms with Crippen LogP contribution in [0.3, 0.4) is 0 Å². The molecule has 0 aliphatic carbocycles. The van der Waals surface area contributed by atoms with Crippen LogP contribution < -0.4 is 0 Å². The van der Waals surface area contributed by atoms with Gasteiger partial charge < -0.3 is 5.11 Å². The van der Waals surface area contributed by atoms with Crippen molar-refractivity contribution in [1.82, 2.24) is 14.8 Å². The quantitative estimate of drug-likeness (QED) is 0.388. The van der Waals surface area contributed by atoms with Crippen molar-refractivity contribution in [2.45, 2.75) is 24.3 Å². The lowest BCUT2D eigenvalue weighted by molar-refractivity contribution is 0.0735. The fraction of sp³-hybridized carbons (Fsp3) is 0.167. The molecule has 0 atom stereocenters. The van der Waals surface area contributed by atoms with Gasteiger partial charge in [-0.25, -0.2) is 13.1 Å². The lowest BCUT2D eigenvalue weighted by atomic mass is 10.0. The minimum absolute atomic E-state index is 0.223. The lowest BCUT2D eigenvalue weighted by Crippen LogP contribution is -2.17. The molecule has 4 rings (SSSR count). The fourth-order valence-electron chi connectivity index (χ4n) is 3.43. The number of aromatic nitrogens is 3. The summed E-state index contributed by atoms with van der Waals surface area (Å²) in [6, 6.07) is 17.4. The Labute approximate surface area is 202 Å². The molecule has 2 heterocycles. The summed E-state index contributed by atoms with van der Waals surface area (Å²) >= 11 is 13.1. The second-order valence-electron chi connectivity index (χ2n) is 8.17. The number of para-hydroxylation sites is 1. The Morgan fingerprint density at radius 3 is 2.30 bits per heavy atom. The van der Waals surface area contributed by atoms with Gasteiger partial charge in [-0.1, -0.05) is 47.5 Å². The van der Waals surface area contributed by atoms with Gasteiger partial charge in [0, 0.05) is 23.6 Å². The maximum Gasteiger partial charge on any atom is 0.175 e. The van der Waals surface area contributed by atoms with Gasteiger partial charge in [0.25, 0.3) is 0 Å². The molecule has 0 bridgehead atoms. The largest absolute Gasteiger partial charge is 0.384 e. The third-order valence-electron chi connectivity index (χ3n) is 5.08. The van der Waals surface area contributed by atoms with Crippen molar-refractivity contribution < 1.29 is 13.5 Å². The van der Waals surface area contributed by atoms with E-state index in [-0.39, 0.29) is 9.92 Å². The van der Waals surface area contributed by atoms with Gasteiger partial charge in [-0.2, -0.15) is 5.10 Å². The van der Waals surface area contributed by atoms with Crippen LogP contribution >= 0.6 is 23.2 Å². The summed E-state index contributed by atoms with van der Waals surface area (Å²) in [6.07, 6.45) is 2.80. The number of sulfone groups is 1. The van der Waals surface area contributed by atoms with E-state index in [0.29, 0.717) is 38.9 Å². The summed E-state index contributed by atoms with van der Waals surface area (Å²) in [4.78, 5) is 4.75. The van der Waals surface area contributed by atoms with Crippen LogP contribution in [0.1, 0.15) is 19.5 Å². The van der Waals surface area contributed by atoms with Gasteiger partial charge in [0.2, 0.25) is 0 Å². The van der Waals surface area contributed by atoms with Gasteiger partial charge in [-0.15, -0.1) is 0 Å². The molecule has 0 fully saturated rings. The number of halogens is 2. The SMILES string of the molecule is CC(C)(O)c1nn(-c2ccccc2Cl)c(-c2ccc(-c3cccc(S(C)(=O)=O)c3)nc2)c1Cl. The van der Waals surface area contributed by atoms with Gasteiger partial charge in [0.05, 0.1) is 32.0 Å². The third-order valence-corrected chi connectivity index (χ3v) is 6.87. The van der Waals surface area contributed by atoms with Crippen LogP contribution in [0.15, 0.2) is 71.8 Å². The van der Waals surface area contributed by atoms with Crippen molar-refractivity contribution in [3.63, 3.8) is 0 Å². The highest BCUT2D eigenvalue weighted by Crippen LogP contribution is 2.38. The van der Waals surface area contributed by atoms with E-state index in [4.69, 9.17) is 23.2 Å². The summed E-state index contributed by atoms with van der Waals surface area (Å²) in [6.45, 7) is 3.22. The number of hydrogen-bond acceptors (Lipinski definition) is 5. The van der Waals surface area contributed by atoms with E-state index in [1.54, 1.807) is 61.1 Å². The van der Waals surface area contributed by atoms with Crippen LogP contribution in [-0.2, 0) is 15.4 Å². The van der Waals surface area contributed by atoms with E-state index in [9.17, 15) is 13.5 Å². The van der Waals surface area contributed by atoms with Crippen LogP contribution in [0, 0.1) is 0 Å². The van der Waals surface area contributed by atoms with Crippen molar-refractivity contribution in [1.29, 1.82) is 0 Å². The molecule has 0 radical (unpaired) electrons. The predicted molar refractivity (Wildman–Crippen MR) is 131 cm³/mol. The minimum atomic E-state index is -3.33. The summed E-state index contributed by atoms with van der Waals surface area (Å²) in [5, 5.41) is 15.9. The zero-order valence-corrected chi connectivity index (χ0v) is 20.4. The standard InChI is InChI=1S/C24H21Cl2N3O3S/c1-24(2,30)23-21(26)22(29(28-23)20-10-5-4-9-18(20)25)16-11-12-19(27-14-16)15-7-6-8-17(13-15)33(3,31)32/h4-14,30H,1-3H3. The van der Waals surface area contributed by atoms with Gasteiger partial charge in [0.15, 0.2) is 9.84 Å². The maximum atomic E-state index is 11.9. The molecule has 0 spiro atoms. The number of benzene rings is 2. The number of hydrogen-bond donors (Lipinski definition) is 1. The Hall–Kier alpha value is -2.71. The molecule has 4 aromatic rings. The van der Waals surface area contributed by atoms with Crippen molar-refractivity contribution >= 4 is 33.0 Å². The Bertz CT molecular complexity index is 1440. The van der Waals surface area contributed by atoms with E-state index in [1.165, 1.54) is 6.26 Å². The van der Waals surface area contributed by atoms with Crippen molar-refractivity contribution in [3.8, 4) is 28.2 Å². The summed E-state index contributed by atoms with van der Waals surface area (Å²) in [5.74, 6) is 0. The Morgan fingerprint density at radius 2 is 1.70 bits per heavy atom. The topological polar surface area (TPSA) is 85.1 Å². The van der Waals surface area contributed by atoms with Crippen LogP contribution in [-0.4, -0.2) is 34.5 Å². The number of nitrogens with zero attached hydrogens (tertiary/aromatic N) is 3. The van der Waals surface area contributed by atoms with Crippen molar-refractivity contribution in [2.75, 3.05) is 6.26 Å². The molecular formula is C24H21Cl2N3O3S. The first kappa shape index (κ1) is 23.4. The molecule has 0 amide bonds. The Kier molecular flexibility index (Phi) is 6.09. The normalized spacial score (nSPS) is 12.2. The molecule has 33 heavy (non-hydrogen) atoms.